The number of aliphatic imine (C=N–C) groups is 1. The van der Waals surface area contributed by atoms with Gasteiger partial charge in [-0.2, -0.15) is 0 Å². The SMILES string of the molecule is CNC(=O)C1=C(O)C2=NC=C(Cc3ccc(F)cc3)C3OC(COC)=C[N+](=C23)C1=O. The molecular weight excluding hydrogens is 393 g/mol. The number of aliphatic hydroxyl groups is 1. The molecule has 0 saturated carbocycles. The second-order valence-electron chi connectivity index (χ2n) is 6.87. The first-order valence-electron chi connectivity index (χ1n) is 9.18. The van der Waals surface area contributed by atoms with Gasteiger partial charge in [0.05, 0.1) is 0 Å². The van der Waals surface area contributed by atoms with Crippen molar-refractivity contribution in [1.29, 1.82) is 0 Å². The number of halogens is 1. The van der Waals surface area contributed by atoms with Gasteiger partial charge in [-0.25, -0.2) is 14.2 Å². The van der Waals surface area contributed by atoms with Gasteiger partial charge in [0.2, 0.25) is 12.3 Å². The third kappa shape index (κ3) is 3.22. The topological polar surface area (TPSA) is 100 Å². The lowest BCUT2D eigenvalue weighted by Gasteiger charge is -2.30. The van der Waals surface area contributed by atoms with Crippen LogP contribution >= 0.6 is 0 Å². The molecule has 1 aromatic rings. The number of carbonyl (C=O) groups is 2. The lowest BCUT2D eigenvalue weighted by molar-refractivity contribution is -0.386. The molecule has 0 bridgehead atoms. The molecule has 3 aliphatic heterocycles. The maximum Gasteiger partial charge on any atom is 0.434 e. The highest BCUT2D eigenvalue weighted by atomic mass is 19.1. The monoisotopic (exact) mass is 412 g/mol. The number of rotatable bonds is 5. The van der Waals surface area contributed by atoms with Crippen molar-refractivity contribution in [3.8, 4) is 0 Å². The average Bonchev–Trinajstić information content (AvgIpc) is 2.74. The fraction of sp³-hybridized carbons (Fsp3) is 0.238. The number of hydrogen-bond acceptors (Lipinski definition) is 6. The van der Waals surface area contributed by atoms with Crippen LogP contribution in [0.1, 0.15) is 5.56 Å². The van der Waals surface area contributed by atoms with E-state index in [0.29, 0.717) is 23.5 Å². The summed E-state index contributed by atoms with van der Waals surface area (Å²) in [6.07, 6.45) is 2.63. The number of hydrogen-bond donors (Lipinski definition) is 2. The quantitative estimate of drug-likeness (QED) is 0.558. The first kappa shape index (κ1) is 19.7. The van der Waals surface area contributed by atoms with E-state index in [9.17, 15) is 19.1 Å². The molecular formula is C21H19FN3O5+. The Kier molecular flexibility index (Phi) is 5.04. The lowest BCUT2D eigenvalue weighted by Crippen LogP contribution is -2.51. The van der Waals surface area contributed by atoms with Crippen LogP contribution in [0, 0.1) is 5.82 Å². The molecule has 154 valence electrons. The Balaban J connectivity index is 1.83. The third-order valence-corrected chi connectivity index (χ3v) is 4.95. The molecule has 0 saturated heterocycles. The summed E-state index contributed by atoms with van der Waals surface area (Å²) in [7, 11) is 2.86. The van der Waals surface area contributed by atoms with Crippen molar-refractivity contribution in [1.82, 2.24) is 5.32 Å². The van der Waals surface area contributed by atoms with Crippen LogP contribution in [0.4, 0.5) is 4.39 Å². The van der Waals surface area contributed by atoms with Gasteiger partial charge in [-0.05, 0) is 24.1 Å². The number of carbonyl (C=O) groups excluding carboxylic acids is 2. The molecule has 3 heterocycles. The van der Waals surface area contributed by atoms with Crippen LogP contribution < -0.4 is 5.32 Å². The van der Waals surface area contributed by atoms with Crippen molar-refractivity contribution >= 4 is 23.2 Å². The number of methoxy groups -OCH3 is 1. The van der Waals surface area contributed by atoms with Crippen molar-refractivity contribution in [3.05, 3.63) is 70.7 Å². The zero-order valence-corrected chi connectivity index (χ0v) is 16.3. The number of aliphatic hydroxyl groups excluding tert-OH is 1. The number of benzene rings is 1. The number of likely N-dealkylation sites (N-methyl/N-ethyl adjacent to an activating group) is 1. The van der Waals surface area contributed by atoms with Crippen molar-refractivity contribution in [3.63, 3.8) is 0 Å². The molecule has 2 amide bonds. The minimum absolute atomic E-state index is 0.0915. The van der Waals surface area contributed by atoms with Gasteiger partial charge in [-0.15, -0.1) is 4.58 Å². The van der Waals surface area contributed by atoms with E-state index in [0.717, 1.165) is 5.56 Å². The second kappa shape index (κ2) is 7.68. The summed E-state index contributed by atoms with van der Waals surface area (Å²) in [4.78, 5) is 29.5. The molecule has 3 aliphatic rings. The Hall–Kier alpha value is -3.59. The van der Waals surface area contributed by atoms with Crippen LogP contribution in [0.25, 0.3) is 0 Å². The first-order chi connectivity index (χ1) is 14.4. The van der Waals surface area contributed by atoms with Gasteiger partial charge in [-0.1, -0.05) is 12.1 Å². The third-order valence-electron chi connectivity index (χ3n) is 4.95. The zero-order chi connectivity index (χ0) is 21.4. The second-order valence-corrected chi connectivity index (χ2v) is 6.87. The number of ether oxygens (including phenoxy) is 2. The molecule has 9 heteroatoms. The van der Waals surface area contributed by atoms with Crippen molar-refractivity contribution in [2.45, 2.75) is 12.5 Å². The van der Waals surface area contributed by atoms with Crippen LogP contribution in [0.3, 0.4) is 0 Å². The molecule has 30 heavy (non-hydrogen) atoms. The van der Waals surface area contributed by atoms with Gasteiger partial charge in [0, 0.05) is 25.9 Å². The Morgan fingerprint density at radius 2 is 2.10 bits per heavy atom. The highest BCUT2D eigenvalue weighted by Gasteiger charge is 2.51. The maximum atomic E-state index is 13.2. The Morgan fingerprint density at radius 1 is 1.37 bits per heavy atom. The molecule has 0 radical (unpaired) electrons. The summed E-state index contributed by atoms with van der Waals surface area (Å²) in [5, 5.41) is 13.0. The van der Waals surface area contributed by atoms with Crippen LogP contribution in [0.5, 0.6) is 0 Å². The van der Waals surface area contributed by atoms with Crippen molar-refractivity contribution < 1.29 is 33.1 Å². The van der Waals surface area contributed by atoms with Gasteiger partial charge >= 0.3 is 5.91 Å². The minimum Gasteiger partial charge on any atom is -0.504 e. The molecule has 1 unspecified atom stereocenters. The normalized spacial score (nSPS) is 20.2. The van der Waals surface area contributed by atoms with E-state index in [1.807, 2.05) is 0 Å². The van der Waals surface area contributed by atoms with E-state index in [-0.39, 0.29) is 18.1 Å². The molecule has 0 fully saturated rings. The summed E-state index contributed by atoms with van der Waals surface area (Å²) in [5.41, 5.74) is 1.55. The largest absolute Gasteiger partial charge is 0.504 e. The Morgan fingerprint density at radius 3 is 2.77 bits per heavy atom. The highest BCUT2D eigenvalue weighted by molar-refractivity contribution is 6.52. The van der Waals surface area contributed by atoms with Crippen LogP contribution in [-0.2, 0) is 25.5 Å². The van der Waals surface area contributed by atoms with E-state index in [1.54, 1.807) is 12.1 Å². The number of nitrogens with one attached hydrogen (secondary N) is 1. The van der Waals surface area contributed by atoms with E-state index >= 15 is 0 Å². The summed E-state index contributed by atoms with van der Waals surface area (Å²) < 4.78 is 25.7. The van der Waals surface area contributed by atoms with Gasteiger partial charge in [0.25, 0.3) is 11.6 Å². The molecule has 8 nitrogen and oxygen atoms in total. The van der Waals surface area contributed by atoms with Crippen LogP contribution in [0.15, 0.2) is 64.3 Å². The number of nitrogens with zero attached hydrogens (tertiary/aromatic N) is 2. The minimum atomic E-state index is -0.727. The van der Waals surface area contributed by atoms with Crippen molar-refractivity contribution in [2.24, 2.45) is 4.99 Å². The predicted molar refractivity (Wildman–Crippen MR) is 104 cm³/mol. The average molecular weight is 412 g/mol. The predicted octanol–water partition coefficient (Wildman–Crippen LogP) is 1.15. The van der Waals surface area contributed by atoms with Crippen LogP contribution in [-0.4, -0.2) is 59.8 Å². The molecule has 1 aromatic carbocycles. The van der Waals surface area contributed by atoms with Crippen LogP contribution in [0.2, 0.25) is 0 Å². The van der Waals surface area contributed by atoms with Gasteiger partial charge < -0.3 is 19.9 Å². The van der Waals surface area contributed by atoms with E-state index in [1.165, 1.54) is 43.3 Å². The number of amides is 2. The van der Waals surface area contributed by atoms with E-state index in [2.05, 4.69) is 10.3 Å². The smallest absolute Gasteiger partial charge is 0.434 e. The molecule has 0 aliphatic carbocycles. The van der Waals surface area contributed by atoms with E-state index in [4.69, 9.17) is 9.47 Å². The Labute approximate surface area is 171 Å². The number of allylic oxidation sites excluding steroid dienone is 1. The fourth-order valence-corrected chi connectivity index (χ4v) is 3.56. The zero-order valence-electron chi connectivity index (χ0n) is 16.3. The Bertz CT molecular complexity index is 1100. The van der Waals surface area contributed by atoms with Crippen molar-refractivity contribution in [2.75, 3.05) is 20.8 Å². The highest BCUT2D eigenvalue weighted by Crippen LogP contribution is 2.30. The standard InChI is InChI=1S/C21H18FN3O5/c1-23-20(27)15-18(26)16-17-19(30-14(10-29-2)9-25(17)21(15)28)12(8-24-16)7-11-3-5-13(22)6-4-11/h3-6,8-9,19H,7,10H2,1-2H3,(H-,23,26,27,28)/p+1. The summed E-state index contributed by atoms with van der Waals surface area (Å²) >= 11 is 0. The molecule has 1 atom stereocenters. The molecule has 2 N–H and O–H groups in total. The first-order valence-corrected chi connectivity index (χ1v) is 9.18. The molecule has 4 rings (SSSR count). The molecule has 0 spiro atoms. The van der Waals surface area contributed by atoms with E-state index < -0.39 is 29.3 Å². The molecule has 0 aromatic heterocycles. The summed E-state index contributed by atoms with van der Waals surface area (Å²) in [5.74, 6) is -1.87. The van der Waals surface area contributed by atoms with Gasteiger partial charge in [0.1, 0.15) is 12.4 Å². The van der Waals surface area contributed by atoms with Gasteiger partial charge in [-0.3, -0.25) is 4.79 Å². The summed E-state index contributed by atoms with van der Waals surface area (Å²) in [6, 6.07) is 6.03. The maximum absolute atomic E-state index is 13.2. The fourth-order valence-electron chi connectivity index (χ4n) is 3.56. The van der Waals surface area contributed by atoms with Gasteiger partial charge in [0.15, 0.2) is 22.8 Å². The summed E-state index contributed by atoms with van der Waals surface area (Å²) in [6.45, 7) is 0.106. The lowest BCUT2D eigenvalue weighted by atomic mass is 9.89.